The highest BCUT2D eigenvalue weighted by Gasteiger charge is 2.37. The van der Waals surface area contributed by atoms with E-state index in [-0.39, 0.29) is 4.90 Å². The summed E-state index contributed by atoms with van der Waals surface area (Å²) in [7, 11) is -4.08. The number of carbonyl (C=O) groups is 1. The highest BCUT2D eigenvalue weighted by molar-refractivity contribution is 7.89. The van der Waals surface area contributed by atoms with E-state index < -0.39 is 27.2 Å². The molecule has 0 radical (unpaired) electrons. The Hall–Kier alpha value is -1.27. The Bertz CT molecular complexity index is 635. The number of rotatable bonds is 5. The highest BCUT2D eigenvalue weighted by Crippen LogP contribution is 2.25. The van der Waals surface area contributed by atoms with Crippen LogP contribution in [0.15, 0.2) is 29.2 Å². The zero-order valence-corrected chi connectivity index (χ0v) is 15.7. The first-order valence-corrected chi connectivity index (χ1v) is 9.35. The fraction of sp³-hybridized carbons (Fsp3) is 0.562. The highest BCUT2D eigenvalue weighted by atomic mass is 35.5. The van der Waals surface area contributed by atoms with Crippen LogP contribution < -0.4 is 0 Å². The van der Waals surface area contributed by atoms with Gasteiger partial charge >= 0.3 is 6.09 Å². The minimum absolute atomic E-state index is 0.00992. The molecule has 0 aliphatic heterocycles. The fourth-order valence-corrected chi connectivity index (χ4v) is 3.81. The lowest BCUT2D eigenvalue weighted by molar-refractivity contribution is 0.0372. The molecule has 1 rings (SSSR count). The minimum Gasteiger partial charge on any atom is -0.443 e. The summed E-state index contributed by atoms with van der Waals surface area (Å²) < 4.78 is 31.5. The molecule has 0 aliphatic rings. The topological polar surface area (TPSA) is 63.7 Å². The van der Waals surface area contributed by atoms with Crippen molar-refractivity contribution in [3.05, 3.63) is 29.8 Å². The molecule has 23 heavy (non-hydrogen) atoms. The van der Waals surface area contributed by atoms with Gasteiger partial charge in [0.25, 0.3) is 10.0 Å². The molecule has 130 valence electrons. The fourth-order valence-electron chi connectivity index (χ4n) is 1.85. The number of hydrogen-bond donors (Lipinski definition) is 0. The van der Waals surface area contributed by atoms with Gasteiger partial charge in [0, 0.05) is 0 Å². The van der Waals surface area contributed by atoms with Gasteiger partial charge in [-0.3, -0.25) is 0 Å². The molecule has 0 bridgehead atoms. The number of benzene rings is 1. The van der Waals surface area contributed by atoms with E-state index in [1.807, 2.05) is 13.8 Å². The standard InChI is InChI=1S/C16H24ClNO4S/c1-6-7-14(17)18(15(19)22-16(3,4)5)23(20,21)13-10-8-12(2)9-11-13/h8-11,14H,6-7H2,1-5H3. The first-order valence-electron chi connectivity index (χ1n) is 7.47. The number of halogens is 1. The normalized spacial score (nSPS) is 13.5. The lowest BCUT2D eigenvalue weighted by atomic mass is 10.2. The Kier molecular flexibility index (Phi) is 6.48. The van der Waals surface area contributed by atoms with E-state index in [0.717, 1.165) is 5.56 Å². The number of nitrogens with zero attached hydrogens (tertiary/aromatic N) is 1. The van der Waals surface area contributed by atoms with Crippen LogP contribution in [0.2, 0.25) is 0 Å². The van der Waals surface area contributed by atoms with Crippen molar-refractivity contribution >= 4 is 27.7 Å². The van der Waals surface area contributed by atoms with Crippen LogP contribution in [0.1, 0.15) is 46.1 Å². The van der Waals surface area contributed by atoms with Gasteiger partial charge < -0.3 is 4.74 Å². The number of hydrogen-bond acceptors (Lipinski definition) is 4. The third kappa shape index (κ3) is 5.39. The van der Waals surface area contributed by atoms with Crippen molar-refractivity contribution in [1.29, 1.82) is 0 Å². The van der Waals surface area contributed by atoms with Crippen molar-refractivity contribution < 1.29 is 17.9 Å². The third-order valence-electron chi connectivity index (χ3n) is 2.93. The molecule has 0 aromatic heterocycles. The van der Waals surface area contributed by atoms with E-state index in [2.05, 4.69) is 0 Å². The summed E-state index contributed by atoms with van der Waals surface area (Å²) in [5, 5.41) is 0. The van der Waals surface area contributed by atoms with Crippen LogP contribution in [0, 0.1) is 6.92 Å². The zero-order chi connectivity index (χ0) is 17.8. The van der Waals surface area contributed by atoms with Crippen LogP contribution in [-0.2, 0) is 14.8 Å². The number of amides is 1. The summed E-state index contributed by atoms with van der Waals surface area (Å²) in [4.78, 5) is 12.4. The third-order valence-corrected chi connectivity index (χ3v) is 5.25. The van der Waals surface area contributed by atoms with E-state index in [1.54, 1.807) is 32.9 Å². The van der Waals surface area contributed by atoms with Crippen molar-refractivity contribution in [3.8, 4) is 0 Å². The van der Waals surface area contributed by atoms with Crippen LogP contribution in [0.25, 0.3) is 0 Å². The molecule has 0 fully saturated rings. The van der Waals surface area contributed by atoms with Crippen LogP contribution in [-0.4, -0.2) is 29.9 Å². The van der Waals surface area contributed by atoms with Crippen molar-refractivity contribution in [3.63, 3.8) is 0 Å². The predicted octanol–water partition coefficient (Wildman–Crippen LogP) is 4.29. The van der Waals surface area contributed by atoms with Crippen molar-refractivity contribution in [2.75, 3.05) is 0 Å². The van der Waals surface area contributed by atoms with Gasteiger partial charge in [0.15, 0.2) is 0 Å². The monoisotopic (exact) mass is 361 g/mol. The van der Waals surface area contributed by atoms with Gasteiger partial charge in [0.1, 0.15) is 11.1 Å². The van der Waals surface area contributed by atoms with E-state index in [4.69, 9.17) is 16.3 Å². The molecule has 1 aromatic carbocycles. The number of alkyl halides is 1. The molecule has 0 heterocycles. The lowest BCUT2D eigenvalue weighted by Crippen LogP contribution is -2.44. The molecule has 7 heteroatoms. The van der Waals surface area contributed by atoms with Gasteiger partial charge in [-0.25, -0.2) is 13.2 Å². The second-order valence-corrected chi connectivity index (χ2v) is 8.64. The van der Waals surface area contributed by atoms with Gasteiger partial charge in [-0.1, -0.05) is 42.6 Å². The van der Waals surface area contributed by atoms with E-state index in [1.165, 1.54) is 12.1 Å². The zero-order valence-electron chi connectivity index (χ0n) is 14.2. The summed E-state index contributed by atoms with van der Waals surface area (Å²) in [6.07, 6.45) is 0.00879. The average Bonchev–Trinajstić information content (AvgIpc) is 2.36. The predicted molar refractivity (Wildman–Crippen MR) is 91.0 cm³/mol. The molecule has 0 N–H and O–H groups in total. The molecule has 1 atom stereocenters. The Morgan fingerprint density at radius 1 is 1.26 bits per heavy atom. The molecule has 0 saturated carbocycles. The number of carbonyl (C=O) groups excluding carboxylic acids is 1. The molecule has 1 amide bonds. The van der Waals surface area contributed by atoms with E-state index in [0.29, 0.717) is 17.1 Å². The molecule has 0 spiro atoms. The van der Waals surface area contributed by atoms with E-state index >= 15 is 0 Å². The first-order chi connectivity index (χ1) is 10.5. The van der Waals surface area contributed by atoms with Crippen molar-refractivity contribution in [1.82, 2.24) is 4.31 Å². The summed E-state index contributed by atoms with van der Waals surface area (Å²) in [5.41, 5.74) is -0.897. The Morgan fingerprint density at radius 3 is 2.22 bits per heavy atom. The summed E-state index contributed by atoms with van der Waals surface area (Å²) in [6.45, 7) is 8.73. The maximum absolute atomic E-state index is 12.8. The molecule has 5 nitrogen and oxygen atoms in total. The number of aryl methyl sites for hydroxylation is 1. The van der Waals surface area contributed by atoms with Crippen molar-refractivity contribution in [2.45, 2.75) is 63.5 Å². The van der Waals surface area contributed by atoms with Crippen LogP contribution in [0.5, 0.6) is 0 Å². The summed E-state index contributed by atoms with van der Waals surface area (Å²) in [5.74, 6) is 0. The molecule has 0 aliphatic carbocycles. The maximum atomic E-state index is 12.8. The number of sulfonamides is 1. The minimum atomic E-state index is -4.08. The molecular weight excluding hydrogens is 338 g/mol. The van der Waals surface area contributed by atoms with Crippen molar-refractivity contribution in [2.24, 2.45) is 0 Å². The summed E-state index contributed by atoms with van der Waals surface area (Å²) >= 11 is 6.18. The Balaban J connectivity index is 3.27. The van der Waals surface area contributed by atoms with Gasteiger partial charge in [-0.2, -0.15) is 4.31 Å². The molecule has 1 aromatic rings. The van der Waals surface area contributed by atoms with Crippen LogP contribution in [0.4, 0.5) is 4.79 Å². The summed E-state index contributed by atoms with van der Waals surface area (Å²) in [6, 6.07) is 6.25. The number of ether oxygens (including phenoxy) is 1. The van der Waals surface area contributed by atoms with Gasteiger partial charge in [-0.05, 0) is 46.2 Å². The second kappa shape index (κ2) is 7.53. The van der Waals surface area contributed by atoms with Crippen LogP contribution in [0.3, 0.4) is 0 Å². The lowest BCUT2D eigenvalue weighted by Gasteiger charge is -2.29. The maximum Gasteiger partial charge on any atom is 0.425 e. The first kappa shape index (κ1) is 19.8. The molecule has 0 saturated heterocycles. The van der Waals surface area contributed by atoms with Gasteiger partial charge in [0.05, 0.1) is 4.90 Å². The van der Waals surface area contributed by atoms with Crippen LogP contribution >= 0.6 is 11.6 Å². The average molecular weight is 362 g/mol. The smallest absolute Gasteiger partial charge is 0.425 e. The molecule has 1 unspecified atom stereocenters. The Labute approximate surface area is 143 Å². The quantitative estimate of drug-likeness (QED) is 0.579. The Morgan fingerprint density at radius 2 is 1.78 bits per heavy atom. The molecular formula is C16H24ClNO4S. The SMILES string of the molecule is CCCC(Cl)N(C(=O)OC(C)(C)C)S(=O)(=O)c1ccc(C)cc1. The van der Waals surface area contributed by atoms with Gasteiger partial charge in [-0.15, -0.1) is 0 Å². The second-order valence-electron chi connectivity index (χ2n) is 6.32. The van der Waals surface area contributed by atoms with E-state index in [9.17, 15) is 13.2 Å². The van der Waals surface area contributed by atoms with Gasteiger partial charge in [0.2, 0.25) is 0 Å². The largest absolute Gasteiger partial charge is 0.443 e.